The Kier molecular flexibility index (Phi) is 6.57. The van der Waals surface area contributed by atoms with Crippen LogP contribution in [-0.4, -0.2) is 35.2 Å². The van der Waals surface area contributed by atoms with E-state index in [1.807, 2.05) is 35.2 Å². The van der Waals surface area contributed by atoms with Crippen molar-refractivity contribution in [1.82, 2.24) is 4.90 Å². The Morgan fingerprint density at radius 1 is 1.06 bits per heavy atom. The number of aliphatic carboxylic acids is 1. The Balaban J connectivity index is 1.36. The highest BCUT2D eigenvalue weighted by Crippen LogP contribution is 2.39. The van der Waals surface area contributed by atoms with Crippen molar-refractivity contribution in [2.24, 2.45) is 17.3 Å². The maximum atomic E-state index is 15.2. The molecule has 0 radical (unpaired) electrons. The number of carbonyl (C=O) groups is 1. The van der Waals surface area contributed by atoms with Gasteiger partial charge in [-0.05, 0) is 54.7 Å². The van der Waals surface area contributed by atoms with Gasteiger partial charge in [0.2, 0.25) is 0 Å². The van der Waals surface area contributed by atoms with Crippen LogP contribution in [0.2, 0.25) is 0 Å². The standard InChI is InChI=1S/C27H34FNO3/c1-27(2,3)21-9-13-23(14-10-21)32-22-11-7-18(8-12-22)24-6-4-5-19(25(24)28)15-29-16-20(17-29)26(30)31/h4-8,11-12,20-21,23H,9-10,13-17H2,1-3H3,(H,30,31)/t21-,23-. The highest BCUT2D eigenvalue weighted by Gasteiger charge is 2.33. The van der Waals surface area contributed by atoms with Crippen LogP contribution in [-0.2, 0) is 11.3 Å². The summed E-state index contributed by atoms with van der Waals surface area (Å²) < 4.78 is 21.4. The van der Waals surface area contributed by atoms with E-state index in [4.69, 9.17) is 9.84 Å². The molecular formula is C27H34FNO3. The van der Waals surface area contributed by atoms with Crippen molar-refractivity contribution >= 4 is 5.97 Å². The zero-order valence-corrected chi connectivity index (χ0v) is 19.3. The first kappa shape index (κ1) is 22.8. The molecule has 2 aromatic carbocycles. The number of ether oxygens (including phenoxy) is 1. The van der Waals surface area contributed by atoms with Crippen LogP contribution in [0, 0.1) is 23.1 Å². The lowest BCUT2D eigenvalue weighted by atomic mass is 9.72. The first-order valence-electron chi connectivity index (χ1n) is 11.7. The van der Waals surface area contributed by atoms with Crippen molar-refractivity contribution in [3.05, 3.63) is 53.8 Å². The minimum Gasteiger partial charge on any atom is -0.490 e. The Labute approximate surface area is 190 Å². The third-order valence-corrected chi connectivity index (χ3v) is 7.15. The van der Waals surface area contributed by atoms with Crippen LogP contribution in [0.3, 0.4) is 0 Å². The van der Waals surface area contributed by atoms with Crippen LogP contribution in [0.1, 0.15) is 52.0 Å². The van der Waals surface area contributed by atoms with E-state index < -0.39 is 5.97 Å². The van der Waals surface area contributed by atoms with Gasteiger partial charge in [0, 0.05) is 30.8 Å². The molecule has 2 aliphatic rings. The van der Waals surface area contributed by atoms with Crippen LogP contribution < -0.4 is 4.74 Å². The molecule has 32 heavy (non-hydrogen) atoms. The molecular weight excluding hydrogens is 405 g/mol. The molecule has 1 aliphatic heterocycles. The van der Waals surface area contributed by atoms with Gasteiger partial charge in [-0.3, -0.25) is 9.69 Å². The van der Waals surface area contributed by atoms with E-state index in [-0.39, 0.29) is 17.8 Å². The summed E-state index contributed by atoms with van der Waals surface area (Å²) in [6, 6.07) is 13.1. The van der Waals surface area contributed by atoms with Gasteiger partial charge < -0.3 is 9.84 Å². The van der Waals surface area contributed by atoms with Crippen LogP contribution in [0.5, 0.6) is 5.75 Å². The molecule has 0 atom stereocenters. The molecule has 0 bridgehead atoms. The monoisotopic (exact) mass is 439 g/mol. The SMILES string of the molecule is CC(C)(C)[C@H]1CC[C@H](Oc2ccc(-c3cccc(CN4CC(C(=O)O)C4)c3F)cc2)CC1. The molecule has 5 heteroatoms. The zero-order chi connectivity index (χ0) is 22.9. The number of nitrogens with zero attached hydrogens (tertiary/aromatic N) is 1. The van der Waals surface area contributed by atoms with E-state index >= 15 is 4.39 Å². The first-order chi connectivity index (χ1) is 15.2. The molecule has 4 rings (SSSR count). The van der Waals surface area contributed by atoms with Gasteiger partial charge in [-0.25, -0.2) is 4.39 Å². The van der Waals surface area contributed by atoms with E-state index in [0.29, 0.717) is 36.2 Å². The number of halogens is 1. The summed E-state index contributed by atoms with van der Waals surface area (Å²) in [7, 11) is 0. The van der Waals surface area contributed by atoms with Crippen molar-refractivity contribution in [2.45, 2.75) is 59.1 Å². The van der Waals surface area contributed by atoms with Crippen molar-refractivity contribution in [3.63, 3.8) is 0 Å². The Hall–Kier alpha value is -2.40. The summed E-state index contributed by atoms with van der Waals surface area (Å²) in [6.07, 6.45) is 4.83. The Bertz CT molecular complexity index is 936. The van der Waals surface area contributed by atoms with Gasteiger partial charge in [-0.2, -0.15) is 0 Å². The number of likely N-dealkylation sites (tertiary alicyclic amines) is 1. The minimum absolute atomic E-state index is 0.236. The van der Waals surface area contributed by atoms with Crippen molar-refractivity contribution in [3.8, 4) is 16.9 Å². The number of hydrogen-bond acceptors (Lipinski definition) is 3. The molecule has 2 aromatic rings. The van der Waals surface area contributed by atoms with Crippen molar-refractivity contribution < 1.29 is 19.0 Å². The second kappa shape index (κ2) is 9.22. The van der Waals surface area contributed by atoms with Crippen LogP contribution in [0.4, 0.5) is 4.39 Å². The molecule has 0 amide bonds. The number of rotatable bonds is 6. The molecule has 4 nitrogen and oxygen atoms in total. The predicted octanol–water partition coefficient (Wildman–Crippen LogP) is 5.99. The normalized spacial score (nSPS) is 22.4. The third kappa shape index (κ3) is 5.15. The quantitative estimate of drug-likeness (QED) is 0.600. The highest BCUT2D eigenvalue weighted by atomic mass is 19.1. The Morgan fingerprint density at radius 2 is 1.72 bits per heavy atom. The lowest BCUT2D eigenvalue weighted by molar-refractivity contribution is -0.147. The number of carboxylic acids is 1. The Morgan fingerprint density at radius 3 is 2.31 bits per heavy atom. The summed E-state index contributed by atoms with van der Waals surface area (Å²) in [5, 5.41) is 9.02. The van der Waals surface area contributed by atoms with Gasteiger partial charge in [0.15, 0.2) is 0 Å². The smallest absolute Gasteiger partial charge is 0.309 e. The van der Waals surface area contributed by atoms with Crippen LogP contribution >= 0.6 is 0 Å². The summed E-state index contributed by atoms with van der Waals surface area (Å²) in [5.41, 5.74) is 2.34. The molecule has 0 unspecified atom stereocenters. The van der Waals surface area contributed by atoms with E-state index in [2.05, 4.69) is 20.8 Å². The second-order valence-electron chi connectivity index (χ2n) is 10.5. The maximum absolute atomic E-state index is 15.2. The average molecular weight is 440 g/mol. The summed E-state index contributed by atoms with van der Waals surface area (Å²) in [5.74, 6) is 0.244. The van der Waals surface area contributed by atoms with E-state index in [0.717, 1.165) is 30.1 Å². The molecule has 172 valence electrons. The van der Waals surface area contributed by atoms with Crippen LogP contribution in [0.15, 0.2) is 42.5 Å². The van der Waals surface area contributed by atoms with Gasteiger partial charge >= 0.3 is 5.97 Å². The van der Waals surface area contributed by atoms with E-state index in [9.17, 15) is 4.79 Å². The molecule has 0 spiro atoms. The number of carboxylic acid groups (broad SMARTS) is 1. The van der Waals surface area contributed by atoms with Crippen LogP contribution in [0.25, 0.3) is 11.1 Å². The van der Waals surface area contributed by atoms with Gasteiger partial charge in [0.1, 0.15) is 11.6 Å². The lowest BCUT2D eigenvalue weighted by Crippen LogP contribution is -2.49. The largest absolute Gasteiger partial charge is 0.490 e. The molecule has 2 fully saturated rings. The molecule has 1 N–H and O–H groups in total. The fourth-order valence-electron chi connectivity index (χ4n) is 4.97. The fourth-order valence-corrected chi connectivity index (χ4v) is 4.97. The van der Waals surface area contributed by atoms with Gasteiger partial charge in [-0.15, -0.1) is 0 Å². The predicted molar refractivity (Wildman–Crippen MR) is 124 cm³/mol. The van der Waals surface area contributed by atoms with Crippen molar-refractivity contribution in [1.29, 1.82) is 0 Å². The highest BCUT2D eigenvalue weighted by molar-refractivity contribution is 5.71. The molecule has 1 saturated heterocycles. The summed E-state index contributed by atoms with van der Waals surface area (Å²) in [4.78, 5) is 12.9. The molecule has 1 aliphatic carbocycles. The minimum atomic E-state index is -0.778. The molecule has 1 saturated carbocycles. The van der Waals surface area contributed by atoms with Gasteiger partial charge in [-0.1, -0.05) is 51.1 Å². The zero-order valence-electron chi connectivity index (χ0n) is 19.3. The fraction of sp³-hybridized carbons (Fsp3) is 0.519. The summed E-state index contributed by atoms with van der Waals surface area (Å²) in [6.45, 7) is 8.35. The average Bonchev–Trinajstić information content (AvgIpc) is 2.71. The van der Waals surface area contributed by atoms with Crippen molar-refractivity contribution in [2.75, 3.05) is 13.1 Å². The lowest BCUT2D eigenvalue weighted by Gasteiger charge is -2.37. The number of hydrogen-bond donors (Lipinski definition) is 1. The molecule has 1 heterocycles. The number of benzene rings is 2. The van der Waals surface area contributed by atoms with E-state index in [1.165, 1.54) is 12.8 Å². The summed E-state index contributed by atoms with van der Waals surface area (Å²) >= 11 is 0. The molecule has 0 aromatic heterocycles. The topological polar surface area (TPSA) is 49.8 Å². The maximum Gasteiger partial charge on any atom is 0.309 e. The third-order valence-electron chi connectivity index (χ3n) is 7.15. The van der Waals surface area contributed by atoms with E-state index in [1.54, 1.807) is 12.1 Å². The van der Waals surface area contributed by atoms with Gasteiger partial charge in [0.05, 0.1) is 12.0 Å². The first-order valence-corrected chi connectivity index (χ1v) is 11.7. The second-order valence-corrected chi connectivity index (χ2v) is 10.5. The van der Waals surface area contributed by atoms with Gasteiger partial charge in [0.25, 0.3) is 0 Å².